The van der Waals surface area contributed by atoms with Crippen molar-refractivity contribution in [3.63, 3.8) is 0 Å². The van der Waals surface area contributed by atoms with Gasteiger partial charge in [-0.15, -0.1) is 11.3 Å². The number of carbonyl (C=O) groups is 1. The van der Waals surface area contributed by atoms with E-state index in [-0.39, 0.29) is 12.1 Å². The molecule has 0 bridgehead atoms. The maximum absolute atomic E-state index is 12.3. The van der Waals surface area contributed by atoms with Crippen molar-refractivity contribution < 1.29 is 4.79 Å². The second-order valence-corrected chi connectivity index (χ2v) is 6.18. The Hall–Kier alpha value is -1.89. The number of carbonyl (C=O) groups excluding carboxylic acids is 1. The number of urea groups is 1. The Morgan fingerprint density at radius 3 is 3.10 bits per heavy atom. The first-order valence-electron chi connectivity index (χ1n) is 7.14. The third-order valence-corrected chi connectivity index (χ3v) is 4.62. The minimum atomic E-state index is 0.00506. The molecule has 7 heteroatoms. The average molecular weight is 305 g/mol. The first kappa shape index (κ1) is 14.1. The molecular weight excluding hydrogens is 286 g/mol. The molecule has 1 unspecified atom stereocenters. The van der Waals surface area contributed by atoms with Crippen molar-refractivity contribution in [2.45, 2.75) is 38.9 Å². The summed E-state index contributed by atoms with van der Waals surface area (Å²) in [6, 6.07) is 0.250. The van der Waals surface area contributed by atoms with Crippen LogP contribution in [-0.2, 0) is 13.1 Å². The van der Waals surface area contributed by atoms with Crippen LogP contribution >= 0.6 is 11.3 Å². The number of imidazole rings is 1. The minimum Gasteiger partial charge on any atom is -0.333 e. The summed E-state index contributed by atoms with van der Waals surface area (Å²) in [5, 5.41) is 5.81. The smallest absolute Gasteiger partial charge is 0.318 e. The molecule has 1 fully saturated rings. The van der Waals surface area contributed by atoms with E-state index in [4.69, 9.17) is 0 Å². The van der Waals surface area contributed by atoms with Crippen LogP contribution in [-0.4, -0.2) is 38.1 Å². The molecule has 1 saturated heterocycles. The molecule has 1 N–H and O–H groups in total. The summed E-state index contributed by atoms with van der Waals surface area (Å²) in [7, 11) is 0. The summed E-state index contributed by atoms with van der Waals surface area (Å²) in [6.45, 7) is 4.13. The van der Waals surface area contributed by atoms with Crippen molar-refractivity contribution in [3.8, 4) is 0 Å². The van der Waals surface area contributed by atoms with Gasteiger partial charge in [0.15, 0.2) is 0 Å². The van der Waals surface area contributed by atoms with Gasteiger partial charge in [0.25, 0.3) is 0 Å². The summed E-state index contributed by atoms with van der Waals surface area (Å²) in [4.78, 5) is 22.7. The minimum absolute atomic E-state index is 0.00506. The van der Waals surface area contributed by atoms with Crippen molar-refractivity contribution in [1.82, 2.24) is 24.8 Å². The molecule has 0 aromatic carbocycles. The van der Waals surface area contributed by atoms with E-state index in [1.165, 1.54) is 0 Å². The molecule has 2 aromatic rings. The predicted octanol–water partition coefficient (Wildman–Crippen LogP) is 2.02. The second kappa shape index (κ2) is 6.26. The van der Waals surface area contributed by atoms with Gasteiger partial charge in [0.1, 0.15) is 10.8 Å². The maximum atomic E-state index is 12.3. The predicted molar refractivity (Wildman–Crippen MR) is 81.0 cm³/mol. The van der Waals surface area contributed by atoms with E-state index in [0.29, 0.717) is 6.54 Å². The number of aryl methyl sites for hydroxylation is 1. The van der Waals surface area contributed by atoms with Crippen LogP contribution in [0.15, 0.2) is 24.0 Å². The van der Waals surface area contributed by atoms with Gasteiger partial charge in [-0.05, 0) is 19.8 Å². The first-order chi connectivity index (χ1) is 10.2. The number of nitrogens with one attached hydrogen (secondary N) is 1. The number of nitrogens with zero attached hydrogens (tertiary/aromatic N) is 4. The van der Waals surface area contributed by atoms with E-state index in [0.717, 1.165) is 36.8 Å². The molecule has 2 amide bonds. The Bertz CT molecular complexity index is 594. The molecule has 1 aliphatic rings. The SMILES string of the molecule is Cc1nccn1CC1CCCN1C(=O)NCc1nccs1. The number of hydrogen-bond acceptors (Lipinski definition) is 4. The van der Waals surface area contributed by atoms with Gasteiger partial charge < -0.3 is 14.8 Å². The molecular formula is C14H19N5OS. The highest BCUT2D eigenvalue weighted by Crippen LogP contribution is 2.19. The molecule has 2 aromatic heterocycles. The average Bonchev–Trinajstić information content (AvgIpc) is 3.20. The quantitative estimate of drug-likeness (QED) is 0.940. The normalized spacial score (nSPS) is 18.1. The van der Waals surface area contributed by atoms with Crippen LogP contribution in [0.3, 0.4) is 0 Å². The van der Waals surface area contributed by atoms with E-state index in [9.17, 15) is 4.79 Å². The molecule has 3 rings (SSSR count). The lowest BCUT2D eigenvalue weighted by Crippen LogP contribution is -2.44. The van der Waals surface area contributed by atoms with Gasteiger partial charge in [0.2, 0.25) is 0 Å². The Balaban J connectivity index is 1.58. The third-order valence-electron chi connectivity index (χ3n) is 3.84. The van der Waals surface area contributed by atoms with Crippen molar-refractivity contribution in [2.24, 2.45) is 0 Å². The Morgan fingerprint density at radius 2 is 2.38 bits per heavy atom. The molecule has 0 spiro atoms. The van der Waals surface area contributed by atoms with Crippen LogP contribution in [0.5, 0.6) is 0 Å². The van der Waals surface area contributed by atoms with Gasteiger partial charge in [0.05, 0.1) is 12.6 Å². The van der Waals surface area contributed by atoms with Gasteiger partial charge in [-0.2, -0.15) is 0 Å². The van der Waals surface area contributed by atoms with Gasteiger partial charge in [-0.1, -0.05) is 0 Å². The monoisotopic (exact) mass is 305 g/mol. The number of aromatic nitrogens is 3. The Kier molecular flexibility index (Phi) is 4.19. The van der Waals surface area contributed by atoms with Gasteiger partial charge in [-0.3, -0.25) is 0 Å². The van der Waals surface area contributed by atoms with E-state index < -0.39 is 0 Å². The number of thiazole rings is 1. The molecule has 112 valence electrons. The Morgan fingerprint density at radius 1 is 1.48 bits per heavy atom. The summed E-state index contributed by atoms with van der Waals surface area (Å²) < 4.78 is 2.11. The lowest BCUT2D eigenvalue weighted by atomic mass is 10.2. The van der Waals surface area contributed by atoms with E-state index in [2.05, 4.69) is 19.9 Å². The van der Waals surface area contributed by atoms with Crippen LogP contribution < -0.4 is 5.32 Å². The number of likely N-dealkylation sites (tertiary alicyclic amines) is 1. The highest BCUT2D eigenvalue weighted by Gasteiger charge is 2.29. The second-order valence-electron chi connectivity index (χ2n) is 5.20. The van der Waals surface area contributed by atoms with Gasteiger partial charge in [0, 0.05) is 37.1 Å². The summed E-state index contributed by atoms with van der Waals surface area (Å²) in [6.07, 6.45) is 7.63. The zero-order valence-electron chi connectivity index (χ0n) is 12.0. The molecule has 6 nitrogen and oxygen atoms in total. The fraction of sp³-hybridized carbons (Fsp3) is 0.500. The molecule has 3 heterocycles. The molecule has 1 atom stereocenters. The van der Waals surface area contributed by atoms with Gasteiger partial charge in [-0.25, -0.2) is 14.8 Å². The van der Waals surface area contributed by atoms with Crippen molar-refractivity contribution in [1.29, 1.82) is 0 Å². The first-order valence-corrected chi connectivity index (χ1v) is 8.02. The number of rotatable bonds is 4. The summed E-state index contributed by atoms with van der Waals surface area (Å²) >= 11 is 1.56. The maximum Gasteiger partial charge on any atom is 0.318 e. The molecule has 0 aliphatic carbocycles. The highest BCUT2D eigenvalue weighted by molar-refractivity contribution is 7.09. The van der Waals surface area contributed by atoms with E-state index in [1.807, 2.05) is 23.4 Å². The van der Waals surface area contributed by atoms with Gasteiger partial charge >= 0.3 is 6.03 Å². The molecule has 0 saturated carbocycles. The summed E-state index contributed by atoms with van der Waals surface area (Å²) in [5.74, 6) is 0.991. The van der Waals surface area contributed by atoms with Crippen molar-refractivity contribution in [3.05, 3.63) is 34.8 Å². The standard InChI is InChI=1S/C14H19N5OS/c1-11-15-4-7-18(11)10-12-3-2-6-19(12)14(20)17-9-13-16-5-8-21-13/h4-5,7-8,12H,2-3,6,9-10H2,1H3,(H,17,20). The van der Waals surface area contributed by atoms with Crippen molar-refractivity contribution >= 4 is 17.4 Å². The van der Waals surface area contributed by atoms with Crippen LogP contribution in [0.1, 0.15) is 23.7 Å². The van der Waals surface area contributed by atoms with Crippen LogP contribution in [0.4, 0.5) is 4.79 Å². The van der Waals surface area contributed by atoms with Crippen LogP contribution in [0, 0.1) is 6.92 Å². The van der Waals surface area contributed by atoms with Crippen molar-refractivity contribution in [2.75, 3.05) is 6.54 Å². The third kappa shape index (κ3) is 3.24. The fourth-order valence-electron chi connectivity index (χ4n) is 2.71. The van der Waals surface area contributed by atoms with Crippen LogP contribution in [0.2, 0.25) is 0 Å². The lowest BCUT2D eigenvalue weighted by Gasteiger charge is -2.25. The summed E-state index contributed by atoms with van der Waals surface area (Å²) in [5.41, 5.74) is 0. The zero-order valence-corrected chi connectivity index (χ0v) is 12.8. The van der Waals surface area contributed by atoms with Crippen LogP contribution in [0.25, 0.3) is 0 Å². The highest BCUT2D eigenvalue weighted by atomic mass is 32.1. The topological polar surface area (TPSA) is 63.1 Å². The zero-order chi connectivity index (χ0) is 14.7. The fourth-order valence-corrected chi connectivity index (χ4v) is 3.27. The lowest BCUT2D eigenvalue weighted by molar-refractivity contribution is 0.186. The molecule has 1 aliphatic heterocycles. The molecule has 0 radical (unpaired) electrons. The number of amides is 2. The van der Waals surface area contributed by atoms with E-state index in [1.54, 1.807) is 23.7 Å². The molecule has 21 heavy (non-hydrogen) atoms. The largest absolute Gasteiger partial charge is 0.333 e. The van der Waals surface area contributed by atoms with E-state index >= 15 is 0 Å². The Labute approximate surface area is 127 Å². The number of hydrogen-bond donors (Lipinski definition) is 1.